The molecule has 0 aliphatic heterocycles. The third-order valence-electron chi connectivity index (χ3n) is 4.00. The van der Waals surface area contributed by atoms with Crippen LogP contribution in [-0.4, -0.2) is 23.2 Å². The second-order valence-electron chi connectivity index (χ2n) is 5.77. The topological polar surface area (TPSA) is 105 Å². The molecule has 3 atom stereocenters. The first-order valence-electron chi connectivity index (χ1n) is 7.66. The largest absolute Gasteiger partial charge is 0.760 e. The van der Waals surface area contributed by atoms with Gasteiger partial charge in [-0.3, -0.25) is 9.35 Å². The fourth-order valence-electron chi connectivity index (χ4n) is 2.82. The number of alkyl halides is 2. The van der Waals surface area contributed by atoms with Crippen molar-refractivity contribution in [3.63, 3.8) is 0 Å². The zero-order valence-corrected chi connectivity index (χ0v) is 15.9. The van der Waals surface area contributed by atoms with Crippen molar-refractivity contribution in [2.75, 3.05) is 0 Å². The van der Waals surface area contributed by atoms with E-state index in [2.05, 4.69) is 15.3 Å². The Kier molecular flexibility index (Phi) is 5.92. The van der Waals surface area contributed by atoms with E-state index in [1.54, 1.807) is 12.1 Å². The van der Waals surface area contributed by atoms with E-state index < -0.39 is 15.6 Å². The lowest BCUT2D eigenvalue weighted by Gasteiger charge is -1.97. The summed E-state index contributed by atoms with van der Waals surface area (Å²) in [6.45, 7) is 0. The Balaban J connectivity index is 0.000000481. The second kappa shape index (κ2) is 8.04. The van der Waals surface area contributed by atoms with E-state index in [1.165, 1.54) is 12.1 Å². The smallest absolute Gasteiger partial charge is 0.233 e. The van der Waals surface area contributed by atoms with E-state index >= 15 is 0 Å². The Hall–Kier alpha value is -1.84. The van der Waals surface area contributed by atoms with Crippen molar-refractivity contribution in [1.29, 1.82) is 0 Å². The number of nitrogens with zero attached hydrogens (tertiary/aromatic N) is 2. The Morgan fingerprint density at radius 2 is 1.81 bits per heavy atom. The van der Waals surface area contributed by atoms with Gasteiger partial charge in [0.05, 0.1) is 5.92 Å². The van der Waals surface area contributed by atoms with Gasteiger partial charge in [-0.15, -0.1) is 23.2 Å². The number of hydrogen-bond acceptors (Lipinski definition) is 5. The van der Waals surface area contributed by atoms with Crippen LogP contribution in [0, 0.1) is 5.82 Å². The van der Waals surface area contributed by atoms with Crippen LogP contribution in [0.25, 0.3) is 11.4 Å². The van der Waals surface area contributed by atoms with Gasteiger partial charge in [-0.25, -0.2) is 4.39 Å². The molecule has 0 radical (unpaired) electrons. The van der Waals surface area contributed by atoms with Crippen molar-refractivity contribution in [3.05, 3.63) is 71.9 Å². The molecule has 1 aliphatic carbocycles. The maximum atomic E-state index is 13.3. The molecule has 10 heteroatoms. The monoisotopic (exact) mass is 428 g/mol. The molecule has 2 N–H and O–H groups in total. The number of aromatic nitrogens is 2. The van der Waals surface area contributed by atoms with Crippen LogP contribution in [0.3, 0.4) is 0 Å². The lowest BCUT2D eigenvalue weighted by Crippen LogP contribution is -1.97. The first-order valence-corrected chi connectivity index (χ1v) is 9.56. The second-order valence-corrected chi connectivity index (χ2v) is 7.73. The molecule has 2 aromatic carbocycles. The molecule has 3 unspecified atom stereocenters. The molecule has 0 amide bonds. The SMILES string of the molecule is Fc1cccc(-c2noc(C3C(c4ccccc4)C3(Cl)Cl)n2)c1.NS(=O)[O-]. The van der Waals surface area contributed by atoms with Crippen LogP contribution >= 0.6 is 23.2 Å². The zero-order chi connectivity index (χ0) is 19.6. The van der Waals surface area contributed by atoms with Gasteiger partial charge in [0.25, 0.3) is 0 Å². The summed E-state index contributed by atoms with van der Waals surface area (Å²) in [6.07, 6.45) is 0. The molecule has 0 bridgehead atoms. The average Bonchev–Trinajstić information content (AvgIpc) is 2.95. The molecule has 3 aromatic rings. The Morgan fingerprint density at radius 1 is 1.15 bits per heavy atom. The van der Waals surface area contributed by atoms with Crippen LogP contribution in [0.4, 0.5) is 4.39 Å². The molecule has 1 fully saturated rings. The Bertz CT molecular complexity index is 951. The highest BCUT2D eigenvalue weighted by Crippen LogP contribution is 2.69. The van der Waals surface area contributed by atoms with Gasteiger partial charge in [-0.1, -0.05) is 47.6 Å². The van der Waals surface area contributed by atoms with Gasteiger partial charge in [-0.05, 0) is 17.7 Å². The van der Waals surface area contributed by atoms with Gasteiger partial charge in [0.2, 0.25) is 11.7 Å². The fourth-order valence-corrected chi connectivity index (χ4v) is 3.63. The van der Waals surface area contributed by atoms with Crippen molar-refractivity contribution in [2.24, 2.45) is 5.14 Å². The van der Waals surface area contributed by atoms with Crippen LogP contribution in [0.15, 0.2) is 59.1 Å². The lowest BCUT2D eigenvalue weighted by atomic mass is 10.1. The van der Waals surface area contributed by atoms with Crippen LogP contribution < -0.4 is 5.14 Å². The molecule has 27 heavy (non-hydrogen) atoms. The number of benzene rings is 2. The summed E-state index contributed by atoms with van der Waals surface area (Å²) in [5.74, 6) is -0.0483. The van der Waals surface area contributed by atoms with E-state index in [0.717, 1.165) is 5.56 Å². The summed E-state index contributed by atoms with van der Waals surface area (Å²) in [6, 6.07) is 15.7. The maximum Gasteiger partial charge on any atom is 0.233 e. The number of hydrogen-bond donors (Lipinski definition) is 1. The predicted octanol–water partition coefficient (Wildman–Crippen LogP) is 3.67. The van der Waals surface area contributed by atoms with Crippen molar-refractivity contribution >= 4 is 34.5 Å². The first-order chi connectivity index (χ1) is 12.8. The minimum absolute atomic E-state index is 0.104. The normalized spacial score (nSPS) is 21.1. The van der Waals surface area contributed by atoms with Gasteiger partial charge in [0.1, 0.15) is 10.2 Å². The fraction of sp³-hybridized carbons (Fsp3) is 0.176. The van der Waals surface area contributed by atoms with Crippen molar-refractivity contribution in [1.82, 2.24) is 10.1 Å². The van der Waals surface area contributed by atoms with Crippen molar-refractivity contribution in [2.45, 2.75) is 16.2 Å². The number of halogens is 3. The minimum Gasteiger partial charge on any atom is -0.760 e. The third-order valence-corrected chi connectivity index (χ3v) is 4.94. The summed E-state index contributed by atoms with van der Waals surface area (Å²) in [5, 5.41) is 7.94. The molecule has 4 rings (SSSR count). The number of nitrogens with two attached hydrogens (primary N) is 1. The van der Waals surface area contributed by atoms with Gasteiger partial charge in [0.15, 0.2) is 0 Å². The minimum atomic E-state index is -2.36. The molecule has 6 nitrogen and oxygen atoms in total. The molecular weight excluding hydrogens is 416 g/mol. The van der Waals surface area contributed by atoms with E-state index in [4.69, 9.17) is 36.5 Å². The first kappa shape index (κ1) is 19.9. The van der Waals surface area contributed by atoms with Gasteiger partial charge in [0, 0.05) is 22.7 Å². The van der Waals surface area contributed by atoms with Crippen molar-refractivity contribution in [3.8, 4) is 11.4 Å². The molecule has 1 aliphatic rings. The molecule has 1 heterocycles. The molecular formula is C17H13Cl2FN3O3S-. The van der Waals surface area contributed by atoms with Gasteiger partial charge >= 0.3 is 0 Å². The van der Waals surface area contributed by atoms with Crippen LogP contribution in [-0.2, 0) is 11.3 Å². The molecule has 0 saturated heterocycles. The molecule has 1 aromatic heterocycles. The van der Waals surface area contributed by atoms with E-state index in [9.17, 15) is 4.39 Å². The summed E-state index contributed by atoms with van der Waals surface area (Å²) < 4.78 is 35.2. The summed E-state index contributed by atoms with van der Waals surface area (Å²) in [7, 11) is 0. The summed E-state index contributed by atoms with van der Waals surface area (Å²) >= 11 is 10.4. The van der Waals surface area contributed by atoms with Gasteiger partial charge < -0.3 is 9.08 Å². The molecule has 0 spiro atoms. The zero-order valence-electron chi connectivity index (χ0n) is 13.6. The maximum absolute atomic E-state index is 13.3. The number of rotatable bonds is 3. The quantitative estimate of drug-likeness (QED) is 0.505. The van der Waals surface area contributed by atoms with Crippen LogP contribution in [0.2, 0.25) is 0 Å². The predicted molar refractivity (Wildman–Crippen MR) is 99.2 cm³/mol. The molecule has 142 valence electrons. The summed E-state index contributed by atoms with van der Waals surface area (Å²) in [5.41, 5.74) is 1.57. The van der Waals surface area contributed by atoms with Crippen molar-refractivity contribution < 1.29 is 17.7 Å². The highest BCUT2D eigenvalue weighted by atomic mass is 35.5. The van der Waals surface area contributed by atoms with Crippen LogP contribution in [0.1, 0.15) is 23.3 Å². The van der Waals surface area contributed by atoms with E-state index in [1.807, 2.05) is 30.3 Å². The van der Waals surface area contributed by atoms with Crippen LogP contribution in [0.5, 0.6) is 0 Å². The standard InChI is InChI=1S/C17H11Cl2FN2O.H3NO2S/c18-17(19)13(10-5-2-1-3-6-10)14(17)16-21-15(22-23-16)11-7-4-8-12(20)9-11;1-4(2)3/h1-9,13-14H;1H2,(H,2,3)/p-1. The Morgan fingerprint density at radius 3 is 2.44 bits per heavy atom. The third kappa shape index (κ3) is 4.53. The average molecular weight is 429 g/mol. The van der Waals surface area contributed by atoms with E-state index in [-0.39, 0.29) is 17.7 Å². The highest BCUT2D eigenvalue weighted by molar-refractivity contribution is 7.76. The lowest BCUT2D eigenvalue weighted by molar-refractivity contribution is 0.378. The van der Waals surface area contributed by atoms with Gasteiger partial charge in [-0.2, -0.15) is 4.98 Å². The molecule has 1 saturated carbocycles. The van der Waals surface area contributed by atoms with E-state index in [0.29, 0.717) is 17.3 Å². The Labute approximate surface area is 166 Å². The summed E-state index contributed by atoms with van der Waals surface area (Å²) in [4.78, 5) is 4.34. The highest BCUT2D eigenvalue weighted by Gasteiger charge is 2.67.